The molecule has 0 spiro atoms. The van der Waals surface area contributed by atoms with Gasteiger partial charge < -0.3 is 10.6 Å². The third-order valence-electron chi connectivity index (χ3n) is 3.27. The number of anilines is 1. The first kappa shape index (κ1) is 11.6. The van der Waals surface area contributed by atoms with E-state index in [9.17, 15) is 0 Å². The summed E-state index contributed by atoms with van der Waals surface area (Å²) in [5, 5.41) is 8.14. The first-order valence-corrected chi connectivity index (χ1v) is 6.42. The second-order valence-corrected chi connectivity index (χ2v) is 5.08. The standard InChI is InChI=1S/C13H15ClN4/c14-10-3-1-9(2-4-10)12-7-13(17-16-12)18-6-5-11(15)8-18/h1-4,7,11H,5-6,8,15H2,(H,16,17)/t11-/m1/s1. The van der Waals surface area contributed by atoms with Crippen LogP contribution in [0.25, 0.3) is 11.3 Å². The molecular formula is C13H15ClN4. The van der Waals surface area contributed by atoms with E-state index in [-0.39, 0.29) is 6.04 Å². The minimum Gasteiger partial charge on any atom is -0.354 e. The summed E-state index contributed by atoms with van der Waals surface area (Å²) in [4.78, 5) is 2.21. The van der Waals surface area contributed by atoms with Crippen molar-refractivity contribution >= 4 is 17.4 Å². The van der Waals surface area contributed by atoms with E-state index in [4.69, 9.17) is 17.3 Å². The molecule has 1 aromatic carbocycles. The monoisotopic (exact) mass is 262 g/mol. The van der Waals surface area contributed by atoms with Crippen LogP contribution in [-0.2, 0) is 0 Å². The van der Waals surface area contributed by atoms with E-state index in [1.807, 2.05) is 24.3 Å². The highest BCUT2D eigenvalue weighted by Gasteiger charge is 2.21. The van der Waals surface area contributed by atoms with Crippen LogP contribution in [0, 0.1) is 0 Å². The lowest BCUT2D eigenvalue weighted by atomic mass is 10.1. The van der Waals surface area contributed by atoms with Crippen LogP contribution >= 0.6 is 11.6 Å². The van der Waals surface area contributed by atoms with E-state index in [0.29, 0.717) is 0 Å². The van der Waals surface area contributed by atoms with Crippen molar-refractivity contribution in [1.82, 2.24) is 10.2 Å². The number of hydrogen-bond donors (Lipinski definition) is 2. The van der Waals surface area contributed by atoms with Crippen molar-refractivity contribution in [3.8, 4) is 11.3 Å². The molecule has 2 heterocycles. The Morgan fingerprint density at radius 2 is 2.11 bits per heavy atom. The van der Waals surface area contributed by atoms with Gasteiger partial charge >= 0.3 is 0 Å². The molecule has 0 amide bonds. The quantitative estimate of drug-likeness (QED) is 0.873. The zero-order valence-corrected chi connectivity index (χ0v) is 10.7. The Morgan fingerprint density at radius 3 is 2.78 bits per heavy atom. The van der Waals surface area contributed by atoms with Gasteiger partial charge in [0.05, 0.1) is 5.69 Å². The van der Waals surface area contributed by atoms with Gasteiger partial charge in [0.15, 0.2) is 5.82 Å². The summed E-state index contributed by atoms with van der Waals surface area (Å²) in [7, 11) is 0. The Labute approximate surface area is 111 Å². The van der Waals surface area contributed by atoms with Gasteiger partial charge in [0.1, 0.15) is 0 Å². The highest BCUT2D eigenvalue weighted by atomic mass is 35.5. The molecule has 0 unspecified atom stereocenters. The number of nitrogens with zero attached hydrogens (tertiary/aromatic N) is 2. The average Bonchev–Trinajstić information content (AvgIpc) is 2.98. The molecule has 3 N–H and O–H groups in total. The number of nitrogens with one attached hydrogen (secondary N) is 1. The number of aromatic amines is 1. The van der Waals surface area contributed by atoms with Gasteiger partial charge in [-0.1, -0.05) is 23.7 Å². The van der Waals surface area contributed by atoms with Crippen molar-refractivity contribution in [3.63, 3.8) is 0 Å². The van der Waals surface area contributed by atoms with Gasteiger partial charge in [0.2, 0.25) is 0 Å². The van der Waals surface area contributed by atoms with Crippen LogP contribution in [0.3, 0.4) is 0 Å². The predicted molar refractivity (Wildman–Crippen MR) is 73.8 cm³/mol. The Hall–Kier alpha value is -1.52. The fourth-order valence-corrected chi connectivity index (χ4v) is 2.37. The molecule has 1 aliphatic rings. The molecule has 0 bridgehead atoms. The highest BCUT2D eigenvalue weighted by molar-refractivity contribution is 6.30. The first-order valence-electron chi connectivity index (χ1n) is 6.04. The maximum absolute atomic E-state index is 5.90. The van der Waals surface area contributed by atoms with E-state index in [1.54, 1.807) is 0 Å². The van der Waals surface area contributed by atoms with E-state index in [0.717, 1.165) is 41.6 Å². The van der Waals surface area contributed by atoms with Gasteiger partial charge in [0.25, 0.3) is 0 Å². The predicted octanol–water partition coefficient (Wildman–Crippen LogP) is 2.27. The lowest BCUT2D eigenvalue weighted by Crippen LogP contribution is -2.26. The number of benzene rings is 1. The van der Waals surface area contributed by atoms with Crippen LogP contribution < -0.4 is 10.6 Å². The smallest absolute Gasteiger partial charge is 0.151 e. The molecular weight excluding hydrogens is 248 g/mol. The van der Waals surface area contributed by atoms with Crippen molar-refractivity contribution in [3.05, 3.63) is 35.4 Å². The second-order valence-electron chi connectivity index (χ2n) is 4.64. The van der Waals surface area contributed by atoms with E-state index in [1.165, 1.54) is 0 Å². The number of aromatic nitrogens is 2. The fraction of sp³-hybridized carbons (Fsp3) is 0.308. The number of nitrogens with two attached hydrogens (primary N) is 1. The maximum atomic E-state index is 5.90. The van der Waals surface area contributed by atoms with Crippen LogP contribution in [0.4, 0.5) is 5.82 Å². The summed E-state index contributed by atoms with van der Waals surface area (Å²) in [5.41, 5.74) is 7.99. The van der Waals surface area contributed by atoms with Crippen LogP contribution in [-0.4, -0.2) is 29.3 Å². The Bertz CT molecular complexity index is 534. The summed E-state index contributed by atoms with van der Waals surface area (Å²) < 4.78 is 0. The van der Waals surface area contributed by atoms with Crippen LogP contribution in [0.5, 0.6) is 0 Å². The molecule has 18 heavy (non-hydrogen) atoms. The molecule has 1 fully saturated rings. The molecule has 3 rings (SSSR count). The zero-order valence-electron chi connectivity index (χ0n) is 9.94. The fourth-order valence-electron chi connectivity index (χ4n) is 2.25. The molecule has 0 aliphatic carbocycles. The van der Waals surface area contributed by atoms with Gasteiger partial charge in [-0.25, -0.2) is 0 Å². The average molecular weight is 263 g/mol. The molecule has 5 heteroatoms. The Morgan fingerprint density at radius 1 is 1.33 bits per heavy atom. The molecule has 4 nitrogen and oxygen atoms in total. The largest absolute Gasteiger partial charge is 0.354 e. The molecule has 1 saturated heterocycles. The lowest BCUT2D eigenvalue weighted by molar-refractivity contribution is 0.751. The van der Waals surface area contributed by atoms with E-state index in [2.05, 4.69) is 21.2 Å². The first-order chi connectivity index (χ1) is 8.72. The van der Waals surface area contributed by atoms with Crippen LogP contribution in [0.1, 0.15) is 6.42 Å². The topological polar surface area (TPSA) is 57.9 Å². The van der Waals surface area contributed by atoms with Gasteiger partial charge in [-0.15, -0.1) is 0 Å². The summed E-state index contributed by atoms with van der Waals surface area (Å²) in [5.74, 6) is 0.966. The third kappa shape index (κ3) is 2.21. The summed E-state index contributed by atoms with van der Waals surface area (Å²) in [6, 6.07) is 10.0. The van der Waals surface area contributed by atoms with Gasteiger partial charge in [-0.05, 0) is 24.1 Å². The highest BCUT2D eigenvalue weighted by Crippen LogP contribution is 2.25. The molecule has 1 aromatic heterocycles. The van der Waals surface area contributed by atoms with Gasteiger partial charge in [-0.2, -0.15) is 5.10 Å². The van der Waals surface area contributed by atoms with Crippen molar-refractivity contribution in [2.24, 2.45) is 5.73 Å². The van der Waals surface area contributed by atoms with Crippen molar-refractivity contribution in [2.45, 2.75) is 12.5 Å². The number of halogens is 1. The summed E-state index contributed by atoms with van der Waals surface area (Å²) >= 11 is 5.88. The SMILES string of the molecule is N[C@@H]1CCN(c2cc(-c3ccc(Cl)cc3)[nH]n2)C1. The summed E-state index contributed by atoms with van der Waals surface area (Å²) in [6.45, 7) is 1.86. The van der Waals surface area contributed by atoms with Gasteiger partial charge in [-0.3, -0.25) is 5.10 Å². The lowest BCUT2D eigenvalue weighted by Gasteiger charge is -2.13. The van der Waals surface area contributed by atoms with E-state index >= 15 is 0 Å². The number of H-pyrrole nitrogens is 1. The molecule has 94 valence electrons. The van der Waals surface area contributed by atoms with Crippen LogP contribution in [0.2, 0.25) is 5.02 Å². The molecule has 1 atom stereocenters. The molecule has 2 aromatic rings. The normalized spacial score (nSPS) is 19.4. The minimum absolute atomic E-state index is 0.265. The maximum Gasteiger partial charge on any atom is 0.151 e. The van der Waals surface area contributed by atoms with Gasteiger partial charge in [0, 0.05) is 30.2 Å². The van der Waals surface area contributed by atoms with E-state index < -0.39 is 0 Å². The summed E-state index contributed by atoms with van der Waals surface area (Å²) in [6.07, 6.45) is 1.03. The number of hydrogen-bond acceptors (Lipinski definition) is 3. The third-order valence-corrected chi connectivity index (χ3v) is 3.52. The Kier molecular flexibility index (Phi) is 2.97. The molecule has 0 saturated carbocycles. The van der Waals surface area contributed by atoms with Crippen molar-refractivity contribution in [1.29, 1.82) is 0 Å². The number of rotatable bonds is 2. The molecule has 0 radical (unpaired) electrons. The minimum atomic E-state index is 0.265. The van der Waals surface area contributed by atoms with Crippen LogP contribution in [0.15, 0.2) is 30.3 Å². The second kappa shape index (κ2) is 4.63. The van der Waals surface area contributed by atoms with Crippen molar-refractivity contribution in [2.75, 3.05) is 18.0 Å². The Balaban J connectivity index is 1.83. The molecule has 1 aliphatic heterocycles. The van der Waals surface area contributed by atoms with Crippen molar-refractivity contribution < 1.29 is 0 Å². The zero-order chi connectivity index (χ0) is 12.5.